The number of hydrogen-bond donors (Lipinski definition) is 2. The molecule has 0 saturated heterocycles. The molecule has 88 valence electrons. The van der Waals surface area contributed by atoms with Gasteiger partial charge in [0.25, 0.3) is 0 Å². The lowest BCUT2D eigenvalue weighted by Gasteiger charge is -1.79. The van der Waals surface area contributed by atoms with E-state index >= 15 is 0 Å². The summed E-state index contributed by atoms with van der Waals surface area (Å²) >= 11 is 0. The van der Waals surface area contributed by atoms with Crippen LogP contribution in [0, 0.1) is 0 Å². The zero-order chi connectivity index (χ0) is 9.90. The second-order valence-electron chi connectivity index (χ2n) is 2.54. The van der Waals surface area contributed by atoms with Crippen LogP contribution in [-0.4, -0.2) is 5.48 Å². The van der Waals surface area contributed by atoms with Crippen LogP contribution in [0.2, 0.25) is 0 Å². The number of rotatable bonds is 0. The van der Waals surface area contributed by atoms with E-state index in [1.807, 2.05) is 73.4 Å². The standard InChI is InChI=1S/2C6H7N.H2O.H2S/c2*1-2-4-6-7-5-3-1;;/h2*1-7H;2*1H2. The molecule has 2 aliphatic rings. The Balaban J connectivity index is 0. The third-order valence-corrected chi connectivity index (χ3v) is 1.44. The van der Waals surface area contributed by atoms with Gasteiger partial charge in [0.15, 0.2) is 0 Å². The molecule has 0 radical (unpaired) electrons. The summed E-state index contributed by atoms with van der Waals surface area (Å²) in [5.41, 5.74) is 0. The first-order valence-corrected chi connectivity index (χ1v) is 4.49. The van der Waals surface area contributed by atoms with Gasteiger partial charge in [0.2, 0.25) is 0 Å². The van der Waals surface area contributed by atoms with Crippen LogP contribution >= 0.6 is 13.5 Å². The van der Waals surface area contributed by atoms with Gasteiger partial charge >= 0.3 is 0 Å². The molecule has 2 heterocycles. The summed E-state index contributed by atoms with van der Waals surface area (Å²) in [6.45, 7) is 0. The second-order valence-corrected chi connectivity index (χ2v) is 2.54. The van der Waals surface area contributed by atoms with Gasteiger partial charge in [-0.3, -0.25) is 0 Å². The minimum Gasteiger partial charge on any atom is -0.412 e. The molecule has 2 aliphatic heterocycles. The molecular formula is C12H18N2OS. The Hall–Kier alpha value is -1.65. The lowest BCUT2D eigenvalue weighted by atomic mass is 10.5. The zero-order valence-corrected chi connectivity index (χ0v) is 9.93. The molecule has 4 heteroatoms. The van der Waals surface area contributed by atoms with Gasteiger partial charge in [-0.25, -0.2) is 0 Å². The molecule has 0 fully saturated rings. The molecule has 0 bridgehead atoms. The van der Waals surface area contributed by atoms with Crippen LogP contribution in [0.5, 0.6) is 0 Å². The summed E-state index contributed by atoms with van der Waals surface area (Å²) < 4.78 is 0. The third-order valence-electron chi connectivity index (χ3n) is 1.44. The Morgan fingerprint density at radius 1 is 0.438 bits per heavy atom. The highest BCUT2D eigenvalue weighted by Crippen LogP contribution is 1.81. The number of hydrogen-bond acceptors (Lipinski definition) is 2. The molecule has 0 aromatic rings. The van der Waals surface area contributed by atoms with Crippen molar-refractivity contribution in [2.75, 3.05) is 0 Å². The lowest BCUT2D eigenvalue weighted by molar-refractivity contribution is 0.824. The first-order valence-electron chi connectivity index (χ1n) is 4.49. The molecule has 0 spiro atoms. The van der Waals surface area contributed by atoms with Crippen molar-refractivity contribution in [2.24, 2.45) is 0 Å². The van der Waals surface area contributed by atoms with E-state index in [2.05, 4.69) is 10.6 Å². The van der Waals surface area contributed by atoms with Crippen LogP contribution in [0.15, 0.2) is 73.4 Å². The molecule has 16 heavy (non-hydrogen) atoms. The summed E-state index contributed by atoms with van der Waals surface area (Å²) in [6.07, 6.45) is 23.2. The Morgan fingerprint density at radius 3 is 0.938 bits per heavy atom. The van der Waals surface area contributed by atoms with Crippen molar-refractivity contribution in [3.05, 3.63) is 73.4 Å². The predicted molar refractivity (Wildman–Crippen MR) is 75.1 cm³/mol. The normalized spacial score (nSPS) is 14.0. The molecule has 0 aromatic heterocycles. The van der Waals surface area contributed by atoms with Gasteiger partial charge in [0, 0.05) is 24.8 Å². The highest BCUT2D eigenvalue weighted by molar-refractivity contribution is 7.59. The molecule has 0 aromatic carbocycles. The molecule has 0 aliphatic carbocycles. The van der Waals surface area contributed by atoms with Gasteiger partial charge in [-0.15, -0.1) is 0 Å². The van der Waals surface area contributed by atoms with Crippen molar-refractivity contribution in [1.29, 1.82) is 0 Å². The third kappa shape index (κ3) is 10.4. The molecule has 3 nitrogen and oxygen atoms in total. The van der Waals surface area contributed by atoms with Crippen LogP contribution < -0.4 is 10.6 Å². The first kappa shape index (κ1) is 16.8. The van der Waals surface area contributed by atoms with Crippen LogP contribution in [0.4, 0.5) is 0 Å². The van der Waals surface area contributed by atoms with E-state index < -0.39 is 0 Å². The monoisotopic (exact) mass is 238 g/mol. The largest absolute Gasteiger partial charge is 0.412 e. The molecule has 2 rings (SSSR count). The molecule has 4 N–H and O–H groups in total. The van der Waals surface area contributed by atoms with Gasteiger partial charge in [-0.2, -0.15) is 13.5 Å². The van der Waals surface area contributed by atoms with Crippen LogP contribution in [0.25, 0.3) is 0 Å². The van der Waals surface area contributed by atoms with Crippen molar-refractivity contribution in [2.45, 2.75) is 0 Å². The van der Waals surface area contributed by atoms with E-state index in [1.54, 1.807) is 0 Å². The molecule has 0 amide bonds. The Kier molecular flexibility index (Phi) is 14.0. The minimum atomic E-state index is 0. The van der Waals surface area contributed by atoms with Crippen molar-refractivity contribution >= 4 is 13.5 Å². The van der Waals surface area contributed by atoms with E-state index in [4.69, 9.17) is 0 Å². The number of nitrogens with one attached hydrogen (secondary N) is 2. The fourth-order valence-corrected chi connectivity index (χ4v) is 0.812. The van der Waals surface area contributed by atoms with Crippen LogP contribution in [-0.2, 0) is 0 Å². The second kappa shape index (κ2) is 13.4. The Labute approximate surface area is 103 Å². The Bertz CT molecular complexity index is 255. The zero-order valence-electron chi connectivity index (χ0n) is 8.93. The molecular weight excluding hydrogens is 220 g/mol. The van der Waals surface area contributed by atoms with E-state index in [0.29, 0.717) is 0 Å². The summed E-state index contributed by atoms with van der Waals surface area (Å²) in [5, 5.41) is 5.85. The summed E-state index contributed by atoms with van der Waals surface area (Å²) in [5.74, 6) is 0. The van der Waals surface area contributed by atoms with Gasteiger partial charge < -0.3 is 16.1 Å². The maximum atomic E-state index is 2.92. The lowest BCUT2D eigenvalue weighted by Crippen LogP contribution is -1.87. The summed E-state index contributed by atoms with van der Waals surface area (Å²) in [7, 11) is 0. The van der Waals surface area contributed by atoms with Gasteiger partial charge in [-0.05, 0) is 24.3 Å². The van der Waals surface area contributed by atoms with E-state index in [9.17, 15) is 0 Å². The molecule has 0 atom stereocenters. The van der Waals surface area contributed by atoms with E-state index in [-0.39, 0.29) is 19.0 Å². The van der Waals surface area contributed by atoms with Gasteiger partial charge in [0.05, 0.1) is 0 Å². The topological polar surface area (TPSA) is 55.6 Å². The quantitative estimate of drug-likeness (QED) is 0.674. The first-order chi connectivity index (χ1) is 7.00. The summed E-state index contributed by atoms with van der Waals surface area (Å²) in [4.78, 5) is 0. The van der Waals surface area contributed by atoms with Crippen molar-refractivity contribution < 1.29 is 5.48 Å². The van der Waals surface area contributed by atoms with Gasteiger partial charge in [0.1, 0.15) is 0 Å². The number of allylic oxidation sites excluding steroid dienone is 8. The fraction of sp³-hybridized carbons (Fsp3) is 0. The predicted octanol–water partition coefficient (Wildman–Crippen LogP) is 1.63. The molecule has 0 saturated carbocycles. The fourth-order valence-electron chi connectivity index (χ4n) is 0.812. The molecule has 0 unspecified atom stereocenters. The van der Waals surface area contributed by atoms with Crippen molar-refractivity contribution in [1.82, 2.24) is 10.6 Å². The van der Waals surface area contributed by atoms with Crippen molar-refractivity contribution in [3.8, 4) is 0 Å². The minimum absolute atomic E-state index is 0. The van der Waals surface area contributed by atoms with E-state index in [1.165, 1.54) is 0 Å². The Morgan fingerprint density at radius 2 is 0.688 bits per heavy atom. The van der Waals surface area contributed by atoms with Crippen LogP contribution in [0.3, 0.4) is 0 Å². The SMILES string of the molecule is C1=CC=CNC=C1.C1=CC=CNC=C1.O.S. The average molecular weight is 238 g/mol. The smallest absolute Gasteiger partial charge is 0.000442 e. The maximum absolute atomic E-state index is 2.92. The summed E-state index contributed by atoms with van der Waals surface area (Å²) in [6, 6.07) is 0. The van der Waals surface area contributed by atoms with Crippen LogP contribution in [0.1, 0.15) is 0 Å². The highest BCUT2D eigenvalue weighted by Gasteiger charge is 1.68. The van der Waals surface area contributed by atoms with E-state index in [0.717, 1.165) is 0 Å². The average Bonchev–Trinajstić information content (AvgIpc) is 2.68. The van der Waals surface area contributed by atoms with Gasteiger partial charge in [-0.1, -0.05) is 24.3 Å². The van der Waals surface area contributed by atoms with Crippen molar-refractivity contribution in [3.63, 3.8) is 0 Å². The highest BCUT2D eigenvalue weighted by atomic mass is 32.1. The maximum Gasteiger partial charge on any atom is 0.000442 e.